The molecule has 1 saturated heterocycles. The van der Waals surface area contributed by atoms with E-state index in [0.29, 0.717) is 17.9 Å². The Balaban J connectivity index is 2.05. The maximum absolute atomic E-state index is 12.7. The highest BCUT2D eigenvalue weighted by atomic mass is 16.3. The topological polar surface area (TPSA) is 52.6 Å². The Bertz CT molecular complexity index is 324. The fourth-order valence-corrected chi connectivity index (χ4v) is 3.55. The minimum atomic E-state index is -0.162. The molecule has 0 aromatic carbocycles. The normalized spacial score (nSPS) is 35.0. The smallest absolute Gasteiger partial charge is 0.241 e. The van der Waals surface area contributed by atoms with Crippen molar-refractivity contribution in [3.63, 3.8) is 0 Å². The number of rotatable bonds is 5. The van der Waals surface area contributed by atoms with Crippen LogP contribution in [0.3, 0.4) is 0 Å². The molecule has 0 spiro atoms. The van der Waals surface area contributed by atoms with Crippen LogP contribution in [0.1, 0.15) is 65.7 Å². The number of amides is 1. The van der Waals surface area contributed by atoms with Crippen molar-refractivity contribution >= 4 is 5.91 Å². The summed E-state index contributed by atoms with van der Waals surface area (Å²) in [7, 11) is 0. The molecule has 1 aliphatic heterocycles. The fourth-order valence-electron chi connectivity index (χ4n) is 3.55. The Morgan fingerprint density at radius 1 is 1.30 bits per heavy atom. The second-order valence-corrected chi connectivity index (χ2v) is 6.76. The van der Waals surface area contributed by atoms with Crippen LogP contribution in [-0.2, 0) is 4.79 Å². The summed E-state index contributed by atoms with van der Waals surface area (Å²) in [6.07, 6.45) is 6.74. The van der Waals surface area contributed by atoms with E-state index in [2.05, 4.69) is 31.0 Å². The molecule has 0 bridgehead atoms. The highest BCUT2D eigenvalue weighted by Gasteiger charge is 2.43. The molecule has 4 nitrogen and oxygen atoms in total. The van der Waals surface area contributed by atoms with Crippen molar-refractivity contribution in [2.45, 2.75) is 90.1 Å². The van der Waals surface area contributed by atoms with Gasteiger partial charge in [0, 0.05) is 6.04 Å². The molecular formula is C16H30N2O2. The molecule has 1 aliphatic carbocycles. The van der Waals surface area contributed by atoms with Gasteiger partial charge in [-0.25, -0.2) is 0 Å². The van der Waals surface area contributed by atoms with E-state index in [9.17, 15) is 9.90 Å². The first-order valence-corrected chi connectivity index (χ1v) is 8.30. The Labute approximate surface area is 122 Å². The Morgan fingerprint density at radius 3 is 2.50 bits per heavy atom. The van der Waals surface area contributed by atoms with Crippen molar-refractivity contribution in [1.82, 2.24) is 10.2 Å². The van der Waals surface area contributed by atoms with Crippen LogP contribution in [0.2, 0.25) is 0 Å². The van der Waals surface area contributed by atoms with E-state index in [1.54, 1.807) is 0 Å². The Hall–Kier alpha value is -0.610. The molecule has 1 saturated carbocycles. The van der Waals surface area contributed by atoms with Gasteiger partial charge in [-0.3, -0.25) is 10.1 Å². The molecule has 2 atom stereocenters. The van der Waals surface area contributed by atoms with E-state index in [1.165, 1.54) is 0 Å². The molecule has 1 heterocycles. The molecule has 0 radical (unpaired) electrons. The summed E-state index contributed by atoms with van der Waals surface area (Å²) < 4.78 is 0. The summed E-state index contributed by atoms with van der Waals surface area (Å²) in [5.74, 6) is 0.718. The van der Waals surface area contributed by atoms with Crippen molar-refractivity contribution in [2.75, 3.05) is 0 Å². The number of nitrogens with one attached hydrogen (secondary N) is 1. The predicted molar refractivity (Wildman–Crippen MR) is 80.2 cm³/mol. The highest BCUT2D eigenvalue weighted by molar-refractivity contribution is 5.84. The zero-order chi connectivity index (χ0) is 14.7. The van der Waals surface area contributed by atoms with Crippen LogP contribution < -0.4 is 5.32 Å². The Morgan fingerprint density at radius 2 is 1.95 bits per heavy atom. The molecule has 116 valence electrons. The number of nitrogens with zero attached hydrogens (tertiary/aromatic N) is 1. The van der Waals surface area contributed by atoms with Crippen molar-refractivity contribution in [3.8, 4) is 0 Å². The van der Waals surface area contributed by atoms with Crippen LogP contribution in [0.4, 0.5) is 0 Å². The second-order valence-electron chi connectivity index (χ2n) is 6.76. The first-order valence-electron chi connectivity index (χ1n) is 8.30. The van der Waals surface area contributed by atoms with Gasteiger partial charge in [0.1, 0.15) is 0 Å². The summed E-state index contributed by atoms with van der Waals surface area (Å²) >= 11 is 0. The molecule has 0 aromatic rings. The van der Waals surface area contributed by atoms with Crippen LogP contribution in [0, 0.1) is 5.92 Å². The van der Waals surface area contributed by atoms with Crippen molar-refractivity contribution in [2.24, 2.45) is 5.92 Å². The third kappa shape index (κ3) is 3.34. The number of hydrogen-bond donors (Lipinski definition) is 2. The van der Waals surface area contributed by atoms with Crippen LogP contribution in [0.5, 0.6) is 0 Å². The zero-order valence-corrected chi connectivity index (χ0v) is 13.1. The van der Waals surface area contributed by atoms with Crippen LogP contribution in [0.15, 0.2) is 0 Å². The second kappa shape index (κ2) is 6.90. The lowest BCUT2D eigenvalue weighted by Crippen LogP contribution is -2.48. The molecule has 0 aromatic heterocycles. The minimum absolute atomic E-state index is 0.00852. The summed E-state index contributed by atoms with van der Waals surface area (Å²) in [6.45, 7) is 6.52. The molecule has 2 unspecified atom stereocenters. The van der Waals surface area contributed by atoms with Gasteiger partial charge in [0.05, 0.1) is 18.3 Å². The van der Waals surface area contributed by atoms with Crippen LogP contribution in [0.25, 0.3) is 0 Å². The lowest BCUT2D eigenvalue weighted by atomic mass is 9.91. The number of unbranched alkanes of at least 4 members (excludes halogenated alkanes) is 1. The highest BCUT2D eigenvalue weighted by Crippen LogP contribution is 2.30. The number of carbonyl (C=O) groups excluding carboxylic acids is 1. The van der Waals surface area contributed by atoms with Gasteiger partial charge in [0.15, 0.2) is 0 Å². The summed E-state index contributed by atoms with van der Waals surface area (Å²) in [4.78, 5) is 14.8. The van der Waals surface area contributed by atoms with Crippen LogP contribution >= 0.6 is 0 Å². The SMILES string of the molecule is CCCCC1NC(C(C)C)N(C2CCC(O)CC2)C1=O. The van der Waals surface area contributed by atoms with Gasteiger partial charge in [0.25, 0.3) is 0 Å². The number of aliphatic hydroxyl groups is 1. The van der Waals surface area contributed by atoms with Crippen molar-refractivity contribution in [1.29, 1.82) is 0 Å². The maximum Gasteiger partial charge on any atom is 0.241 e. The van der Waals surface area contributed by atoms with Gasteiger partial charge in [-0.05, 0) is 38.0 Å². The maximum atomic E-state index is 12.7. The number of aliphatic hydroxyl groups excluding tert-OH is 1. The van der Waals surface area contributed by atoms with E-state index in [0.717, 1.165) is 44.9 Å². The summed E-state index contributed by atoms with van der Waals surface area (Å²) in [5.41, 5.74) is 0. The average Bonchev–Trinajstić information content (AvgIpc) is 2.75. The third-order valence-electron chi connectivity index (χ3n) is 4.76. The van der Waals surface area contributed by atoms with E-state index in [-0.39, 0.29) is 18.3 Å². The lowest BCUT2D eigenvalue weighted by molar-refractivity contribution is -0.134. The quantitative estimate of drug-likeness (QED) is 0.813. The first kappa shape index (κ1) is 15.8. The molecular weight excluding hydrogens is 252 g/mol. The fraction of sp³-hybridized carbons (Fsp3) is 0.938. The van der Waals surface area contributed by atoms with Gasteiger partial charge >= 0.3 is 0 Å². The molecule has 1 amide bonds. The molecule has 4 heteroatoms. The van der Waals surface area contributed by atoms with E-state index < -0.39 is 0 Å². The molecule has 2 aliphatic rings. The molecule has 20 heavy (non-hydrogen) atoms. The van der Waals surface area contributed by atoms with Gasteiger partial charge in [-0.1, -0.05) is 33.6 Å². The Kier molecular flexibility index (Phi) is 5.44. The first-order chi connectivity index (χ1) is 9.54. The minimum Gasteiger partial charge on any atom is -0.393 e. The molecule has 2 fully saturated rings. The lowest BCUT2D eigenvalue weighted by Gasteiger charge is -2.38. The monoisotopic (exact) mass is 282 g/mol. The average molecular weight is 282 g/mol. The number of hydrogen-bond acceptors (Lipinski definition) is 3. The largest absolute Gasteiger partial charge is 0.393 e. The molecule has 2 rings (SSSR count). The van der Waals surface area contributed by atoms with E-state index >= 15 is 0 Å². The predicted octanol–water partition coefficient (Wildman–Crippen LogP) is 2.26. The van der Waals surface area contributed by atoms with Gasteiger partial charge in [-0.2, -0.15) is 0 Å². The van der Waals surface area contributed by atoms with E-state index in [1.807, 2.05) is 0 Å². The van der Waals surface area contributed by atoms with Gasteiger partial charge in [0.2, 0.25) is 5.91 Å². The summed E-state index contributed by atoms with van der Waals surface area (Å²) in [5, 5.41) is 13.2. The standard InChI is InChI=1S/C16H30N2O2/c1-4-5-6-14-16(20)18(15(17-14)11(2)3)12-7-9-13(19)10-8-12/h11-15,17,19H,4-10H2,1-3H3. The molecule has 2 N–H and O–H groups in total. The van der Waals surface area contributed by atoms with Crippen molar-refractivity contribution in [3.05, 3.63) is 0 Å². The third-order valence-corrected chi connectivity index (χ3v) is 4.76. The zero-order valence-electron chi connectivity index (χ0n) is 13.1. The van der Waals surface area contributed by atoms with E-state index in [4.69, 9.17) is 0 Å². The number of carbonyl (C=O) groups is 1. The van der Waals surface area contributed by atoms with Gasteiger partial charge < -0.3 is 10.0 Å². The van der Waals surface area contributed by atoms with Gasteiger partial charge in [-0.15, -0.1) is 0 Å². The summed E-state index contributed by atoms with van der Waals surface area (Å²) in [6, 6.07) is 0.326. The van der Waals surface area contributed by atoms with Crippen molar-refractivity contribution < 1.29 is 9.90 Å². The van der Waals surface area contributed by atoms with Crippen LogP contribution in [-0.4, -0.2) is 40.3 Å².